The number of alkyl halides is 1. The molecule has 1 N–H and O–H groups in total. The number of anilines is 3. The van der Waals surface area contributed by atoms with Gasteiger partial charge in [-0.2, -0.15) is 4.98 Å². The maximum Gasteiger partial charge on any atom is 0.229 e. The third-order valence-electron chi connectivity index (χ3n) is 6.08. The van der Waals surface area contributed by atoms with Gasteiger partial charge in [-0.1, -0.05) is 13.8 Å². The van der Waals surface area contributed by atoms with Crippen LogP contribution < -0.4 is 19.7 Å². The van der Waals surface area contributed by atoms with E-state index >= 15 is 0 Å². The molecular formula is C24H33FN6O2. The van der Waals surface area contributed by atoms with Gasteiger partial charge in [-0.25, -0.2) is 14.4 Å². The highest BCUT2D eigenvalue weighted by Gasteiger charge is 2.58. The zero-order chi connectivity index (χ0) is 23.8. The Bertz CT molecular complexity index is 1140. The fraction of sp³-hybridized carbons (Fsp3) is 0.458. The largest absolute Gasteiger partial charge is 0.494 e. The van der Waals surface area contributed by atoms with E-state index in [-0.39, 0.29) is 6.97 Å². The highest BCUT2D eigenvalue weighted by molar-refractivity contribution is 5.64. The van der Waals surface area contributed by atoms with Gasteiger partial charge in [-0.3, -0.25) is 0 Å². The van der Waals surface area contributed by atoms with Crippen molar-refractivity contribution in [3.05, 3.63) is 42.6 Å². The van der Waals surface area contributed by atoms with Gasteiger partial charge in [0.15, 0.2) is 11.6 Å². The molecule has 8 nitrogen and oxygen atoms in total. The van der Waals surface area contributed by atoms with Gasteiger partial charge >= 0.3 is 0 Å². The molecule has 0 atom stereocenters. The highest BCUT2D eigenvalue weighted by Crippen LogP contribution is 2.52. The molecule has 1 aromatic carbocycles. The van der Waals surface area contributed by atoms with E-state index in [1.165, 1.54) is 0 Å². The molecule has 33 heavy (non-hydrogen) atoms. The number of hydrogen-bond donors (Lipinski definition) is 1. The fourth-order valence-corrected chi connectivity index (χ4v) is 4.61. The number of halogens is 1. The summed E-state index contributed by atoms with van der Waals surface area (Å²) >= 11 is 0. The molecular weight excluding hydrogens is 423 g/mol. The van der Waals surface area contributed by atoms with E-state index < -0.39 is 5.67 Å². The maximum absolute atomic E-state index is 14.2. The maximum atomic E-state index is 14.2. The van der Waals surface area contributed by atoms with Crippen molar-refractivity contribution in [1.82, 2.24) is 19.5 Å². The van der Waals surface area contributed by atoms with E-state index in [2.05, 4.69) is 20.3 Å². The van der Waals surface area contributed by atoms with Crippen LogP contribution in [-0.4, -0.2) is 51.5 Å². The van der Waals surface area contributed by atoms with Crippen LogP contribution in [0.25, 0.3) is 5.69 Å². The lowest BCUT2D eigenvalue weighted by molar-refractivity contribution is -0.0284. The number of nitrogens with one attached hydrogen (secondary N) is 1. The van der Waals surface area contributed by atoms with Crippen molar-refractivity contribution in [3.8, 4) is 17.2 Å². The number of fused-ring (bicyclic) bond motifs is 1. The predicted molar refractivity (Wildman–Crippen MR) is 129 cm³/mol. The Balaban J connectivity index is 0.00000105. The summed E-state index contributed by atoms with van der Waals surface area (Å²) in [7, 11) is 3.57. The van der Waals surface area contributed by atoms with Gasteiger partial charge < -0.3 is 24.3 Å². The first-order valence-electron chi connectivity index (χ1n) is 11.2. The van der Waals surface area contributed by atoms with Crippen molar-refractivity contribution in [2.24, 2.45) is 0 Å². The van der Waals surface area contributed by atoms with Crippen LogP contribution in [0.3, 0.4) is 0 Å². The van der Waals surface area contributed by atoms with Gasteiger partial charge in [0.2, 0.25) is 5.95 Å². The van der Waals surface area contributed by atoms with E-state index in [4.69, 9.17) is 9.47 Å². The third kappa shape index (κ3) is 4.19. The first-order chi connectivity index (χ1) is 15.8. The van der Waals surface area contributed by atoms with Crippen LogP contribution in [0.2, 0.25) is 0 Å². The second-order valence-corrected chi connectivity index (χ2v) is 8.65. The number of ether oxygens (including phenoxy) is 2. The number of benzene rings is 1. The standard InChI is InChI=1S/C22H25FN6O2.C2H6.H2/c1-14-9-29(13-25-14)16-6-5-15(7-17(16)30-4)26-20-24-8-18-19(27-20)28(3)22(12-31-18)10-21(2,23)11-22;1-2;/h5-9,13H,10-12H2,1-4H3,(H,24,26,27);1-2H3;1H. The molecule has 3 heterocycles. The van der Waals surface area contributed by atoms with Crippen molar-refractivity contribution in [2.45, 2.75) is 51.7 Å². The van der Waals surface area contributed by atoms with Crippen molar-refractivity contribution < 1.29 is 15.3 Å². The van der Waals surface area contributed by atoms with Crippen LogP contribution in [0, 0.1) is 6.92 Å². The van der Waals surface area contributed by atoms with Crippen LogP contribution in [0.5, 0.6) is 11.5 Å². The van der Waals surface area contributed by atoms with Gasteiger partial charge in [0, 0.05) is 39.3 Å². The average molecular weight is 457 g/mol. The molecule has 1 saturated carbocycles. The van der Waals surface area contributed by atoms with Crippen LogP contribution in [0.15, 0.2) is 36.9 Å². The molecule has 0 unspecified atom stereocenters. The molecule has 1 spiro atoms. The van der Waals surface area contributed by atoms with E-state index in [1.807, 2.05) is 61.7 Å². The zero-order valence-electron chi connectivity index (χ0n) is 20.0. The van der Waals surface area contributed by atoms with Crippen molar-refractivity contribution in [3.63, 3.8) is 0 Å². The van der Waals surface area contributed by atoms with Crippen LogP contribution in [-0.2, 0) is 0 Å². The molecule has 2 aliphatic rings. The molecule has 9 heteroatoms. The molecule has 5 rings (SSSR count). The minimum absolute atomic E-state index is 0. The number of aromatic nitrogens is 4. The summed E-state index contributed by atoms with van der Waals surface area (Å²) in [4.78, 5) is 15.3. The van der Waals surface area contributed by atoms with Crippen molar-refractivity contribution >= 4 is 17.5 Å². The summed E-state index contributed by atoms with van der Waals surface area (Å²) in [5.41, 5.74) is 1.08. The van der Waals surface area contributed by atoms with Gasteiger partial charge in [0.25, 0.3) is 0 Å². The first kappa shape index (κ1) is 22.8. The number of imidazole rings is 1. The molecule has 3 aromatic rings. The number of aryl methyl sites for hydroxylation is 1. The molecule has 0 bridgehead atoms. The van der Waals surface area contributed by atoms with E-state index in [1.54, 1.807) is 26.6 Å². The number of nitrogens with zero attached hydrogens (tertiary/aromatic N) is 5. The Morgan fingerprint density at radius 3 is 2.64 bits per heavy atom. The topological polar surface area (TPSA) is 77.3 Å². The SMILES string of the molecule is CC.COc1cc(Nc2ncc3c(n2)N(C)C2(CO3)CC(C)(F)C2)ccc1-n1cnc(C)c1.[HH]. The summed E-state index contributed by atoms with van der Waals surface area (Å²) in [6.45, 7) is 8.02. The Labute approximate surface area is 195 Å². The monoisotopic (exact) mass is 456 g/mol. The summed E-state index contributed by atoms with van der Waals surface area (Å²) in [5, 5.41) is 3.23. The molecule has 178 valence electrons. The lowest BCUT2D eigenvalue weighted by Crippen LogP contribution is -2.66. The smallest absolute Gasteiger partial charge is 0.229 e. The van der Waals surface area contributed by atoms with Crippen LogP contribution >= 0.6 is 0 Å². The second kappa shape index (κ2) is 8.53. The number of rotatable bonds is 4. The number of likely N-dealkylation sites (N-methyl/N-ethyl adjacent to an activating group) is 1. The summed E-state index contributed by atoms with van der Waals surface area (Å²) < 4.78 is 27.6. The fourth-order valence-electron chi connectivity index (χ4n) is 4.61. The summed E-state index contributed by atoms with van der Waals surface area (Å²) in [6.07, 6.45) is 6.19. The van der Waals surface area contributed by atoms with E-state index in [0.717, 1.165) is 17.1 Å². The quantitative estimate of drug-likeness (QED) is 0.586. The summed E-state index contributed by atoms with van der Waals surface area (Å²) in [6, 6.07) is 5.76. The normalized spacial score (nSPS) is 23.1. The molecule has 2 aromatic heterocycles. The van der Waals surface area contributed by atoms with E-state index in [9.17, 15) is 4.39 Å². The average Bonchev–Trinajstić information content (AvgIpc) is 3.22. The highest BCUT2D eigenvalue weighted by atomic mass is 19.1. The molecule has 1 aliphatic carbocycles. The minimum atomic E-state index is -1.16. The Hall–Kier alpha value is -3.36. The molecule has 1 fully saturated rings. The lowest BCUT2D eigenvalue weighted by Gasteiger charge is -2.56. The molecule has 0 saturated heterocycles. The molecule has 1 aliphatic heterocycles. The van der Waals surface area contributed by atoms with Gasteiger partial charge in [0.1, 0.15) is 18.0 Å². The lowest BCUT2D eigenvalue weighted by atomic mass is 9.66. The molecule has 0 radical (unpaired) electrons. The second-order valence-electron chi connectivity index (χ2n) is 8.65. The minimum Gasteiger partial charge on any atom is -0.494 e. The molecule has 0 amide bonds. The van der Waals surface area contributed by atoms with Crippen molar-refractivity contribution in [1.29, 1.82) is 0 Å². The zero-order valence-corrected chi connectivity index (χ0v) is 20.0. The van der Waals surface area contributed by atoms with Gasteiger partial charge in [0.05, 0.1) is 36.6 Å². The van der Waals surface area contributed by atoms with Crippen molar-refractivity contribution in [2.75, 3.05) is 31.0 Å². The predicted octanol–water partition coefficient (Wildman–Crippen LogP) is 5.08. The Kier molecular flexibility index (Phi) is 5.90. The number of hydrogen-bond acceptors (Lipinski definition) is 7. The Morgan fingerprint density at radius 2 is 2.00 bits per heavy atom. The first-order valence-corrected chi connectivity index (χ1v) is 11.2. The van der Waals surface area contributed by atoms with Crippen LogP contribution in [0.4, 0.5) is 21.8 Å². The van der Waals surface area contributed by atoms with Gasteiger partial charge in [-0.05, 0) is 26.0 Å². The third-order valence-corrected chi connectivity index (χ3v) is 6.08. The number of methoxy groups -OCH3 is 1. The summed E-state index contributed by atoms with van der Waals surface area (Å²) in [5.74, 6) is 2.39. The van der Waals surface area contributed by atoms with Crippen LogP contribution in [0.1, 0.15) is 40.7 Å². The Morgan fingerprint density at radius 1 is 1.24 bits per heavy atom. The van der Waals surface area contributed by atoms with E-state index in [0.29, 0.717) is 42.7 Å². The van der Waals surface area contributed by atoms with Gasteiger partial charge in [-0.15, -0.1) is 0 Å².